The molecule has 0 aliphatic rings. The number of sulfonamides is 1. The number of hydrogen-bond acceptors (Lipinski definition) is 7. The molecule has 1 amide bonds. The molecule has 2 aromatic carbocycles. The zero-order valence-electron chi connectivity index (χ0n) is 16.1. The Labute approximate surface area is 178 Å². The summed E-state index contributed by atoms with van der Waals surface area (Å²) in [5, 5.41) is 4.47. The molecule has 156 valence electrons. The lowest BCUT2D eigenvalue weighted by Crippen LogP contribution is -2.08. The third-order valence-electron chi connectivity index (χ3n) is 3.87. The predicted octanol–water partition coefficient (Wildman–Crippen LogP) is 4.21. The Bertz CT molecular complexity index is 1140. The fourth-order valence-electron chi connectivity index (χ4n) is 2.44. The molecular formula is C20H18N3O5S2-. The van der Waals surface area contributed by atoms with Crippen LogP contribution in [-0.2, 0) is 14.8 Å². The van der Waals surface area contributed by atoms with Gasteiger partial charge in [-0.1, -0.05) is 12.3 Å². The van der Waals surface area contributed by atoms with Crippen molar-refractivity contribution in [2.75, 3.05) is 19.5 Å². The van der Waals surface area contributed by atoms with E-state index in [1.54, 1.807) is 36.8 Å². The summed E-state index contributed by atoms with van der Waals surface area (Å²) in [5.41, 5.74) is 1.21. The summed E-state index contributed by atoms with van der Waals surface area (Å²) in [6.07, 6.45) is 4.47. The van der Waals surface area contributed by atoms with Gasteiger partial charge in [0, 0.05) is 16.9 Å². The molecule has 0 aliphatic carbocycles. The highest BCUT2D eigenvalue weighted by molar-refractivity contribution is 7.94. The van der Waals surface area contributed by atoms with E-state index in [4.69, 9.17) is 9.47 Å². The quantitative estimate of drug-likeness (QED) is 0.522. The van der Waals surface area contributed by atoms with E-state index in [1.807, 2.05) is 0 Å². The maximum Gasteiger partial charge on any atom is 0.248 e. The number of benzene rings is 2. The van der Waals surface area contributed by atoms with Crippen molar-refractivity contribution in [1.29, 1.82) is 0 Å². The third kappa shape index (κ3) is 5.37. The molecule has 8 nitrogen and oxygen atoms in total. The van der Waals surface area contributed by atoms with Gasteiger partial charge in [-0.05, 0) is 53.4 Å². The topological polar surface area (TPSA) is 109 Å². The van der Waals surface area contributed by atoms with Gasteiger partial charge in [-0.25, -0.2) is 8.42 Å². The molecule has 0 aliphatic heterocycles. The number of thiazole rings is 1. The SMILES string of the molecule is COc1ccc(C=CC(=O)Nc2ccc(S(=O)(=O)[N-]c3nccs3)cc2)cc1OC. The average Bonchev–Trinajstić information content (AvgIpc) is 3.24. The van der Waals surface area contributed by atoms with Gasteiger partial charge in [-0.2, -0.15) is 11.3 Å². The largest absolute Gasteiger partial charge is 0.493 e. The summed E-state index contributed by atoms with van der Waals surface area (Å²) in [6, 6.07) is 11.0. The van der Waals surface area contributed by atoms with E-state index in [9.17, 15) is 13.2 Å². The second-order valence-corrected chi connectivity index (χ2v) is 8.32. The minimum absolute atomic E-state index is 0.0107. The van der Waals surface area contributed by atoms with Gasteiger partial charge in [-0.3, -0.25) is 4.79 Å². The molecule has 10 heteroatoms. The molecule has 3 rings (SSSR count). The summed E-state index contributed by atoms with van der Waals surface area (Å²) >= 11 is 1.13. The number of anilines is 1. The lowest BCUT2D eigenvalue weighted by Gasteiger charge is -2.12. The lowest BCUT2D eigenvalue weighted by atomic mass is 10.2. The van der Waals surface area contributed by atoms with Crippen LogP contribution in [0.15, 0.2) is 65.0 Å². The van der Waals surface area contributed by atoms with E-state index < -0.39 is 10.0 Å². The molecule has 0 atom stereocenters. The monoisotopic (exact) mass is 444 g/mol. The smallest absolute Gasteiger partial charge is 0.248 e. The molecule has 1 heterocycles. The molecule has 3 aromatic rings. The summed E-state index contributed by atoms with van der Waals surface area (Å²) in [4.78, 5) is 16.0. The van der Waals surface area contributed by atoms with Crippen LogP contribution in [0, 0.1) is 0 Å². The molecule has 0 saturated heterocycles. The number of methoxy groups -OCH3 is 2. The van der Waals surface area contributed by atoms with E-state index in [0.29, 0.717) is 17.2 Å². The van der Waals surface area contributed by atoms with Crippen molar-refractivity contribution in [3.8, 4) is 11.5 Å². The first-order chi connectivity index (χ1) is 14.4. The van der Waals surface area contributed by atoms with Gasteiger partial charge in [0.25, 0.3) is 0 Å². The fraction of sp³-hybridized carbons (Fsp3) is 0.100. The van der Waals surface area contributed by atoms with Crippen molar-refractivity contribution in [3.05, 3.63) is 70.4 Å². The van der Waals surface area contributed by atoms with Gasteiger partial charge in [0.2, 0.25) is 15.9 Å². The van der Waals surface area contributed by atoms with Crippen molar-refractivity contribution in [2.24, 2.45) is 0 Å². The van der Waals surface area contributed by atoms with Crippen LogP contribution in [0.4, 0.5) is 10.8 Å². The van der Waals surface area contributed by atoms with Crippen LogP contribution in [0.1, 0.15) is 5.56 Å². The van der Waals surface area contributed by atoms with Crippen LogP contribution in [0.25, 0.3) is 10.8 Å². The van der Waals surface area contributed by atoms with Crippen molar-refractivity contribution in [2.45, 2.75) is 4.90 Å². The van der Waals surface area contributed by atoms with E-state index in [2.05, 4.69) is 15.0 Å². The Morgan fingerprint density at radius 2 is 1.83 bits per heavy atom. The maximum absolute atomic E-state index is 12.3. The van der Waals surface area contributed by atoms with Gasteiger partial charge in [0.1, 0.15) is 0 Å². The number of aromatic nitrogens is 1. The fourth-order valence-corrected chi connectivity index (χ4v) is 4.11. The number of ether oxygens (including phenoxy) is 2. The highest BCUT2D eigenvalue weighted by Crippen LogP contribution is 2.30. The number of nitrogens with one attached hydrogen (secondary N) is 1. The molecule has 0 bridgehead atoms. The van der Waals surface area contributed by atoms with Gasteiger partial charge in [-0.15, -0.1) is 0 Å². The minimum atomic E-state index is -3.86. The molecule has 1 N–H and O–H groups in total. The number of hydrogen-bond donors (Lipinski definition) is 1. The molecular weight excluding hydrogens is 426 g/mol. The molecule has 0 fully saturated rings. The molecule has 30 heavy (non-hydrogen) atoms. The first kappa shape index (κ1) is 21.3. The van der Waals surface area contributed by atoms with Gasteiger partial charge < -0.3 is 24.5 Å². The van der Waals surface area contributed by atoms with Crippen molar-refractivity contribution in [3.63, 3.8) is 0 Å². The highest BCUT2D eigenvalue weighted by atomic mass is 32.2. The van der Waals surface area contributed by atoms with Crippen LogP contribution in [0.2, 0.25) is 0 Å². The minimum Gasteiger partial charge on any atom is -0.493 e. The van der Waals surface area contributed by atoms with Crippen LogP contribution < -0.4 is 14.8 Å². The number of carbonyl (C=O) groups excluding carboxylic acids is 1. The molecule has 0 spiro atoms. The van der Waals surface area contributed by atoms with E-state index in [-0.39, 0.29) is 15.9 Å². The van der Waals surface area contributed by atoms with Crippen LogP contribution in [0.5, 0.6) is 11.5 Å². The second kappa shape index (κ2) is 9.42. The molecule has 0 radical (unpaired) electrons. The Hall–Kier alpha value is -3.37. The Morgan fingerprint density at radius 3 is 2.47 bits per heavy atom. The molecule has 0 saturated carbocycles. The van der Waals surface area contributed by atoms with E-state index >= 15 is 0 Å². The Morgan fingerprint density at radius 1 is 1.10 bits per heavy atom. The maximum atomic E-state index is 12.3. The normalized spacial score (nSPS) is 11.3. The molecule has 1 aromatic heterocycles. The van der Waals surface area contributed by atoms with Crippen molar-refractivity contribution < 1.29 is 22.7 Å². The molecule has 0 unspecified atom stereocenters. The number of amides is 1. The third-order valence-corrected chi connectivity index (χ3v) is 5.93. The summed E-state index contributed by atoms with van der Waals surface area (Å²) in [7, 11) is -0.783. The van der Waals surface area contributed by atoms with Crippen molar-refractivity contribution >= 4 is 44.2 Å². The zero-order chi connectivity index (χ0) is 21.6. The second-order valence-electron chi connectivity index (χ2n) is 5.84. The summed E-state index contributed by atoms with van der Waals surface area (Å²) in [5.74, 6) is 0.781. The number of rotatable bonds is 8. The van der Waals surface area contributed by atoms with Gasteiger partial charge >= 0.3 is 0 Å². The van der Waals surface area contributed by atoms with Crippen molar-refractivity contribution in [1.82, 2.24) is 4.98 Å². The first-order valence-electron chi connectivity index (χ1n) is 8.60. The Balaban J connectivity index is 1.64. The van der Waals surface area contributed by atoms with E-state index in [0.717, 1.165) is 16.9 Å². The number of nitrogens with zero attached hydrogens (tertiary/aromatic N) is 2. The van der Waals surface area contributed by atoms with Gasteiger partial charge in [0.05, 0.1) is 19.1 Å². The van der Waals surface area contributed by atoms with E-state index in [1.165, 1.54) is 43.6 Å². The first-order valence-corrected chi connectivity index (χ1v) is 10.9. The average molecular weight is 445 g/mol. The van der Waals surface area contributed by atoms with Gasteiger partial charge in [0.15, 0.2) is 11.5 Å². The highest BCUT2D eigenvalue weighted by Gasteiger charge is 2.10. The summed E-state index contributed by atoms with van der Waals surface area (Å²) in [6.45, 7) is 0. The Kier molecular flexibility index (Phi) is 6.70. The standard InChI is InChI=1S/C20H19N3O5S2/c1-27-17-9-3-14(13-18(17)28-2)4-10-19(24)22-15-5-7-16(8-6-15)30(25,26)23-20-21-11-12-29-20/h3-13H,1-2H3,(H2,21,22,23,24)/p-1. The lowest BCUT2D eigenvalue weighted by molar-refractivity contribution is -0.111. The summed E-state index contributed by atoms with van der Waals surface area (Å²) < 4.78 is 38.6. The van der Waals surface area contributed by atoms with Crippen LogP contribution in [-0.4, -0.2) is 33.5 Å². The van der Waals surface area contributed by atoms with Crippen LogP contribution >= 0.6 is 11.3 Å². The zero-order valence-corrected chi connectivity index (χ0v) is 17.7. The number of carbonyl (C=O) groups is 1. The van der Waals surface area contributed by atoms with Crippen LogP contribution in [0.3, 0.4) is 0 Å². The predicted molar refractivity (Wildman–Crippen MR) is 116 cm³/mol.